The van der Waals surface area contributed by atoms with E-state index in [1.165, 1.54) is 6.07 Å². The van der Waals surface area contributed by atoms with E-state index < -0.39 is 11.1 Å². The molecule has 0 fully saturated rings. The molecule has 1 atom stereocenters. The van der Waals surface area contributed by atoms with Crippen LogP contribution in [0.25, 0.3) is 0 Å². The summed E-state index contributed by atoms with van der Waals surface area (Å²) in [6.07, 6.45) is 0. The Labute approximate surface area is 102 Å². The minimum Gasteiger partial charge on any atom is -0.490 e. The quantitative estimate of drug-likeness (QED) is 0.633. The van der Waals surface area contributed by atoms with Gasteiger partial charge in [-0.15, -0.1) is 0 Å². The molecule has 0 aliphatic rings. The lowest BCUT2D eigenvalue weighted by Gasteiger charge is -2.09. The van der Waals surface area contributed by atoms with Crippen molar-refractivity contribution in [3.63, 3.8) is 0 Å². The smallest absolute Gasteiger partial charge is 0.190 e. The molecule has 4 nitrogen and oxygen atoms in total. The first-order valence-electron chi connectivity index (χ1n) is 4.76. The Morgan fingerprint density at radius 2 is 2.19 bits per heavy atom. The van der Waals surface area contributed by atoms with Crippen molar-refractivity contribution >= 4 is 22.7 Å². The molecule has 0 saturated carbocycles. The molecule has 16 heavy (non-hydrogen) atoms. The van der Waals surface area contributed by atoms with Crippen molar-refractivity contribution in [2.75, 3.05) is 19.8 Å². The molecule has 1 N–H and O–H groups in total. The van der Waals surface area contributed by atoms with E-state index in [2.05, 4.69) is 0 Å². The predicted molar refractivity (Wildman–Crippen MR) is 62.5 cm³/mol. The second-order valence-electron chi connectivity index (χ2n) is 2.89. The molecule has 0 saturated heterocycles. The number of ether oxygens (including phenoxy) is 2. The maximum absolute atomic E-state index is 11.0. The average molecular weight is 265 g/mol. The molecule has 0 aromatic heterocycles. The van der Waals surface area contributed by atoms with Crippen LogP contribution in [0.2, 0.25) is 5.02 Å². The minimum atomic E-state index is -2.11. The van der Waals surface area contributed by atoms with Crippen LogP contribution < -0.4 is 4.74 Å². The summed E-state index contributed by atoms with van der Waals surface area (Å²) in [5.41, 5.74) is 0. The zero-order valence-electron chi connectivity index (χ0n) is 8.81. The number of halogens is 1. The Kier molecular flexibility index (Phi) is 5.76. The second-order valence-corrected chi connectivity index (χ2v) is 4.26. The molecule has 0 aliphatic carbocycles. The van der Waals surface area contributed by atoms with Crippen LogP contribution in [0.4, 0.5) is 0 Å². The van der Waals surface area contributed by atoms with Crippen molar-refractivity contribution in [1.29, 1.82) is 0 Å². The van der Waals surface area contributed by atoms with Gasteiger partial charge in [-0.1, -0.05) is 11.6 Å². The minimum absolute atomic E-state index is 0.170. The Hall–Kier alpha value is -0.620. The van der Waals surface area contributed by atoms with Gasteiger partial charge in [0, 0.05) is 11.6 Å². The Balaban J connectivity index is 2.67. The highest BCUT2D eigenvalue weighted by atomic mass is 35.5. The van der Waals surface area contributed by atoms with Gasteiger partial charge in [-0.25, -0.2) is 4.21 Å². The first-order valence-corrected chi connectivity index (χ1v) is 6.24. The SMILES string of the molecule is CCOCCOc1ccc(Cl)cc1S(=O)O. The standard InChI is InChI=1S/C10H13ClO4S/c1-2-14-5-6-15-9-4-3-8(11)7-10(9)16(12)13/h3-4,7H,2,5-6H2,1H3,(H,12,13). The van der Waals surface area contributed by atoms with E-state index in [4.69, 9.17) is 25.6 Å². The Morgan fingerprint density at radius 1 is 1.44 bits per heavy atom. The molecule has 1 rings (SSSR count). The van der Waals surface area contributed by atoms with E-state index in [0.29, 0.717) is 30.6 Å². The summed E-state index contributed by atoms with van der Waals surface area (Å²) in [6.45, 7) is 3.27. The highest BCUT2D eigenvalue weighted by Crippen LogP contribution is 2.25. The molecular weight excluding hydrogens is 252 g/mol. The molecule has 0 aliphatic heterocycles. The summed E-state index contributed by atoms with van der Waals surface area (Å²) in [7, 11) is 0. The number of benzene rings is 1. The third-order valence-electron chi connectivity index (χ3n) is 1.78. The van der Waals surface area contributed by atoms with Crippen LogP contribution in [0.3, 0.4) is 0 Å². The molecule has 0 radical (unpaired) electrons. The molecule has 0 spiro atoms. The topological polar surface area (TPSA) is 55.8 Å². The number of hydrogen-bond acceptors (Lipinski definition) is 3. The zero-order chi connectivity index (χ0) is 12.0. The summed E-state index contributed by atoms with van der Waals surface area (Å²) >= 11 is 3.61. The van der Waals surface area contributed by atoms with Crippen molar-refractivity contribution in [3.05, 3.63) is 23.2 Å². The summed E-state index contributed by atoms with van der Waals surface area (Å²) in [5, 5.41) is 0.398. The van der Waals surface area contributed by atoms with Gasteiger partial charge in [0.15, 0.2) is 11.1 Å². The maximum atomic E-state index is 11.0. The fourth-order valence-electron chi connectivity index (χ4n) is 1.09. The summed E-state index contributed by atoms with van der Waals surface area (Å²) < 4.78 is 30.4. The van der Waals surface area contributed by atoms with Crippen molar-refractivity contribution < 1.29 is 18.2 Å². The first kappa shape index (κ1) is 13.4. The van der Waals surface area contributed by atoms with E-state index >= 15 is 0 Å². The van der Waals surface area contributed by atoms with Crippen LogP contribution in [0.15, 0.2) is 23.1 Å². The van der Waals surface area contributed by atoms with Crippen LogP contribution in [-0.4, -0.2) is 28.6 Å². The molecule has 1 unspecified atom stereocenters. The van der Waals surface area contributed by atoms with Crippen molar-refractivity contribution in [1.82, 2.24) is 0 Å². The van der Waals surface area contributed by atoms with E-state index in [1.807, 2.05) is 6.92 Å². The lowest BCUT2D eigenvalue weighted by atomic mass is 10.3. The highest BCUT2D eigenvalue weighted by Gasteiger charge is 2.09. The van der Waals surface area contributed by atoms with E-state index in [-0.39, 0.29) is 4.90 Å². The van der Waals surface area contributed by atoms with Crippen molar-refractivity contribution in [2.24, 2.45) is 0 Å². The van der Waals surface area contributed by atoms with Gasteiger partial charge >= 0.3 is 0 Å². The third-order valence-corrected chi connectivity index (χ3v) is 2.71. The van der Waals surface area contributed by atoms with Crippen molar-refractivity contribution in [2.45, 2.75) is 11.8 Å². The lowest BCUT2D eigenvalue weighted by molar-refractivity contribution is 0.109. The maximum Gasteiger partial charge on any atom is 0.190 e. The zero-order valence-corrected chi connectivity index (χ0v) is 10.4. The average Bonchev–Trinajstić information content (AvgIpc) is 2.26. The second kappa shape index (κ2) is 6.85. The molecular formula is C10H13ClO4S. The van der Waals surface area contributed by atoms with Gasteiger partial charge < -0.3 is 14.0 Å². The van der Waals surface area contributed by atoms with Gasteiger partial charge in [-0.3, -0.25) is 0 Å². The lowest BCUT2D eigenvalue weighted by Crippen LogP contribution is -2.07. The third kappa shape index (κ3) is 4.09. The van der Waals surface area contributed by atoms with Gasteiger partial charge in [-0.05, 0) is 25.1 Å². The van der Waals surface area contributed by atoms with Crippen LogP contribution in [0, 0.1) is 0 Å². The molecule has 0 heterocycles. The molecule has 1 aromatic carbocycles. The fraction of sp³-hybridized carbons (Fsp3) is 0.400. The van der Waals surface area contributed by atoms with E-state index in [1.54, 1.807) is 12.1 Å². The monoisotopic (exact) mass is 264 g/mol. The van der Waals surface area contributed by atoms with Crippen LogP contribution in [0.5, 0.6) is 5.75 Å². The fourth-order valence-corrected chi connectivity index (χ4v) is 1.86. The summed E-state index contributed by atoms with van der Waals surface area (Å²) in [4.78, 5) is 0.170. The largest absolute Gasteiger partial charge is 0.490 e. The molecule has 90 valence electrons. The van der Waals surface area contributed by atoms with Gasteiger partial charge in [0.05, 0.1) is 6.61 Å². The molecule has 1 aromatic rings. The van der Waals surface area contributed by atoms with Crippen LogP contribution in [0.1, 0.15) is 6.92 Å². The summed E-state index contributed by atoms with van der Waals surface area (Å²) in [5.74, 6) is 0.352. The molecule has 0 bridgehead atoms. The van der Waals surface area contributed by atoms with Gasteiger partial charge in [-0.2, -0.15) is 0 Å². The van der Waals surface area contributed by atoms with Gasteiger partial charge in [0.1, 0.15) is 17.3 Å². The van der Waals surface area contributed by atoms with Crippen LogP contribution in [-0.2, 0) is 15.8 Å². The first-order chi connectivity index (χ1) is 7.65. The van der Waals surface area contributed by atoms with E-state index in [9.17, 15) is 4.21 Å². The Morgan fingerprint density at radius 3 is 2.81 bits per heavy atom. The highest BCUT2D eigenvalue weighted by molar-refractivity contribution is 7.79. The van der Waals surface area contributed by atoms with E-state index in [0.717, 1.165) is 0 Å². The van der Waals surface area contributed by atoms with Gasteiger partial charge in [0.2, 0.25) is 0 Å². The molecule has 0 amide bonds. The normalized spacial score (nSPS) is 12.4. The number of rotatable bonds is 6. The summed E-state index contributed by atoms with van der Waals surface area (Å²) in [6, 6.07) is 4.58. The Bertz CT molecular complexity index is 370. The molecule has 6 heteroatoms. The predicted octanol–water partition coefficient (Wildman–Crippen LogP) is 2.34. The van der Waals surface area contributed by atoms with Crippen molar-refractivity contribution in [3.8, 4) is 5.75 Å². The van der Waals surface area contributed by atoms with Crippen LogP contribution >= 0.6 is 11.6 Å². The van der Waals surface area contributed by atoms with Gasteiger partial charge in [0.25, 0.3) is 0 Å². The number of hydrogen-bond donors (Lipinski definition) is 1.